The summed E-state index contributed by atoms with van der Waals surface area (Å²) in [6, 6.07) is 0. The van der Waals surface area contributed by atoms with Crippen LogP contribution in [0.5, 0.6) is 0 Å². The molecule has 4 nitrogen and oxygen atoms in total. The molecule has 4 heteroatoms. The molecule has 0 fully saturated rings. The van der Waals surface area contributed by atoms with Gasteiger partial charge in [0.1, 0.15) is 0 Å². The lowest BCUT2D eigenvalue weighted by Gasteiger charge is -2.22. The van der Waals surface area contributed by atoms with Crippen LogP contribution in [0.3, 0.4) is 0 Å². The van der Waals surface area contributed by atoms with E-state index < -0.39 is 0 Å². The normalized spacial score (nSPS) is 11.1. The first-order chi connectivity index (χ1) is 28.0. The molecule has 0 unspecified atom stereocenters. The number of hydrogen-bond acceptors (Lipinski definition) is 2. The Morgan fingerprint density at radius 1 is 0.228 bits per heavy atom. The van der Waals surface area contributed by atoms with Gasteiger partial charge in [0.05, 0.1) is 0 Å². The number of carbonyl (C=O) groups is 2. The molecule has 0 aliphatic heterocycles. The highest BCUT2D eigenvalue weighted by molar-refractivity contribution is 5.76. The van der Waals surface area contributed by atoms with Crippen molar-refractivity contribution in [2.45, 2.75) is 305 Å². The standard InChI is InChI=1S/C27H55NO.C26H53NO/c1-4-7-10-11-12-13-14-15-16-17-18-19-20-21-22-23-24-27(29)28(25-8-5-2)26-9-6-3;1-4-7-10-11-12-13-14-15-16-17-18-19-20-21-22-23-26(28)27(24-8-5-2)25-9-6-3/h4-26H2,1-3H3;4-25H2,1-3H3. The number of amides is 2. The zero-order valence-corrected chi connectivity index (χ0v) is 40.5. The first-order valence-electron chi connectivity index (χ1n) is 26.6. The van der Waals surface area contributed by atoms with Gasteiger partial charge >= 0.3 is 0 Å². The summed E-state index contributed by atoms with van der Waals surface area (Å²) in [7, 11) is 0. The molecule has 2 amide bonds. The van der Waals surface area contributed by atoms with Gasteiger partial charge in [-0.1, -0.05) is 253 Å². The van der Waals surface area contributed by atoms with Crippen molar-refractivity contribution in [1.82, 2.24) is 9.80 Å². The van der Waals surface area contributed by atoms with Crippen LogP contribution in [0.15, 0.2) is 0 Å². The average Bonchev–Trinajstić information content (AvgIpc) is 3.22. The first-order valence-corrected chi connectivity index (χ1v) is 26.6. The molecule has 57 heavy (non-hydrogen) atoms. The van der Waals surface area contributed by atoms with Gasteiger partial charge in [-0.05, 0) is 38.5 Å². The van der Waals surface area contributed by atoms with Gasteiger partial charge in [-0.25, -0.2) is 0 Å². The number of rotatable bonds is 45. The highest BCUT2D eigenvalue weighted by atomic mass is 16.2. The molecule has 0 spiro atoms. The second-order valence-corrected chi connectivity index (χ2v) is 17.9. The van der Waals surface area contributed by atoms with E-state index in [1.54, 1.807) is 0 Å². The Bertz CT molecular complexity index is 754. The van der Waals surface area contributed by atoms with Gasteiger partial charge in [0.2, 0.25) is 11.8 Å². The quantitative estimate of drug-likeness (QED) is 0.0575. The van der Waals surface area contributed by atoms with Gasteiger partial charge in [0, 0.05) is 39.0 Å². The Hall–Kier alpha value is -1.06. The molecule has 0 aromatic heterocycles. The zero-order valence-electron chi connectivity index (χ0n) is 40.5. The molecule has 0 N–H and O–H groups in total. The van der Waals surface area contributed by atoms with Crippen LogP contribution in [0, 0.1) is 0 Å². The summed E-state index contributed by atoms with van der Waals surface area (Å²) in [5.41, 5.74) is 0. The largest absolute Gasteiger partial charge is 0.343 e. The van der Waals surface area contributed by atoms with Crippen LogP contribution in [0.2, 0.25) is 0 Å². The highest BCUT2D eigenvalue weighted by Gasteiger charge is 2.13. The van der Waals surface area contributed by atoms with E-state index in [0.29, 0.717) is 11.8 Å². The SMILES string of the molecule is CCCCCCCCCCCCCCCCCC(=O)N(CCCC)CCCC.CCCCCCCCCCCCCCCCCCC(=O)N(CCCC)CCCC. The molecule has 0 aliphatic rings. The lowest BCUT2D eigenvalue weighted by Crippen LogP contribution is -2.32. The fourth-order valence-corrected chi connectivity index (χ4v) is 7.91. The summed E-state index contributed by atoms with van der Waals surface area (Å²) < 4.78 is 0. The third kappa shape index (κ3) is 45.9. The van der Waals surface area contributed by atoms with Crippen LogP contribution in [0.25, 0.3) is 0 Å². The van der Waals surface area contributed by atoms with E-state index in [4.69, 9.17) is 0 Å². The molecular weight excluding hydrogens is 697 g/mol. The lowest BCUT2D eigenvalue weighted by molar-refractivity contribution is -0.132. The average molecular weight is 805 g/mol. The molecule has 0 saturated carbocycles. The molecular formula is C53H108N2O2. The van der Waals surface area contributed by atoms with Crippen LogP contribution >= 0.6 is 0 Å². The van der Waals surface area contributed by atoms with Crippen LogP contribution < -0.4 is 0 Å². The maximum atomic E-state index is 12.4. The Labute approximate surface area is 361 Å². The summed E-state index contributed by atoms with van der Waals surface area (Å²) in [6.45, 7) is 17.3. The maximum absolute atomic E-state index is 12.4. The molecule has 0 aliphatic carbocycles. The maximum Gasteiger partial charge on any atom is 0.222 e. The van der Waals surface area contributed by atoms with Crippen molar-refractivity contribution in [1.29, 1.82) is 0 Å². The fraction of sp³-hybridized carbons (Fsp3) is 0.962. The van der Waals surface area contributed by atoms with E-state index in [1.165, 1.54) is 212 Å². The van der Waals surface area contributed by atoms with Gasteiger partial charge in [-0.3, -0.25) is 9.59 Å². The second kappa shape index (κ2) is 51.1. The van der Waals surface area contributed by atoms with Crippen molar-refractivity contribution < 1.29 is 9.59 Å². The number of unbranched alkanes of at least 4 members (excludes halogenated alkanes) is 33. The molecule has 0 aromatic rings. The summed E-state index contributed by atoms with van der Waals surface area (Å²) in [5, 5.41) is 0. The fourth-order valence-electron chi connectivity index (χ4n) is 7.91. The first kappa shape index (κ1) is 58.0. The van der Waals surface area contributed by atoms with Crippen molar-refractivity contribution in [3.8, 4) is 0 Å². The molecule has 0 rings (SSSR count). The van der Waals surface area contributed by atoms with E-state index in [2.05, 4.69) is 51.3 Å². The third-order valence-electron chi connectivity index (χ3n) is 12.1. The minimum atomic E-state index is 0.400. The Kier molecular flexibility index (Phi) is 52.0. The van der Waals surface area contributed by atoms with Crippen LogP contribution in [-0.2, 0) is 9.59 Å². The molecule has 0 radical (unpaired) electrons. The highest BCUT2D eigenvalue weighted by Crippen LogP contribution is 2.16. The van der Waals surface area contributed by atoms with Crippen LogP contribution in [0.1, 0.15) is 305 Å². The second-order valence-electron chi connectivity index (χ2n) is 17.9. The Morgan fingerprint density at radius 3 is 0.561 bits per heavy atom. The van der Waals surface area contributed by atoms with Crippen molar-refractivity contribution in [3.63, 3.8) is 0 Å². The summed E-state index contributed by atoms with van der Waals surface area (Å²) >= 11 is 0. The van der Waals surface area contributed by atoms with Crippen molar-refractivity contribution >= 4 is 11.8 Å². The number of nitrogens with zero attached hydrogens (tertiary/aromatic N) is 2. The predicted molar refractivity (Wildman–Crippen MR) is 257 cm³/mol. The summed E-state index contributed by atoms with van der Waals surface area (Å²) in [5.74, 6) is 0.800. The molecule has 0 aromatic carbocycles. The van der Waals surface area contributed by atoms with Gasteiger partial charge in [0.25, 0.3) is 0 Å². The minimum Gasteiger partial charge on any atom is -0.343 e. The third-order valence-corrected chi connectivity index (χ3v) is 12.1. The monoisotopic (exact) mass is 805 g/mol. The Morgan fingerprint density at radius 2 is 0.386 bits per heavy atom. The van der Waals surface area contributed by atoms with Gasteiger partial charge in [-0.2, -0.15) is 0 Å². The number of carbonyl (C=O) groups excluding carboxylic acids is 2. The van der Waals surface area contributed by atoms with E-state index in [1.807, 2.05) is 0 Å². The zero-order chi connectivity index (χ0) is 42.1. The molecule has 0 bridgehead atoms. The van der Waals surface area contributed by atoms with Crippen molar-refractivity contribution in [3.05, 3.63) is 0 Å². The van der Waals surface area contributed by atoms with E-state index in [-0.39, 0.29) is 0 Å². The smallest absolute Gasteiger partial charge is 0.222 e. The minimum absolute atomic E-state index is 0.400. The van der Waals surface area contributed by atoms with Gasteiger partial charge in [-0.15, -0.1) is 0 Å². The molecule has 342 valence electrons. The molecule has 0 atom stereocenters. The molecule has 0 saturated heterocycles. The van der Waals surface area contributed by atoms with Crippen LogP contribution in [-0.4, -0.2) is 47.8 Å². The van der Waals surface area contributed by atoms with E-state index >= 15 is 0 Å². The number of hydrogen-bond donors (Lipinski definition) is 0. The van der Waals surface area contributed by atoms with E-state index in [9.17, 15) is 9.59 Å². The van der Waals surface area contributed by atoms with Crippen molar-refractivity contribution in [2.75, 3.05) is 26.2 Å². The van der Waals surface area contributed by atoms with Crippen molar-refractivity contribution in [2.24, 2.45) is 0 Å². The topological polar surface area (TPSA) is 40.6 Å². The van der Waals surface area contributed by atoms with Gasteiger partial charge < -0.3 is 9.80 Å². The Balaban J connectivity index is 0. The lowest BCUT2D eigenvalue weighted by atomic mass is 10.0. The van der Waals surface area contributed by atoms with Crippen LogP contribution in [0.4, 0.5) is 0 Å². The summed E-state index contributed by atoms with van der Waals surface area (Å²) in [4.78, 5) is 29.1. The summed E-state index contributed by atoms with van der Waals surface area (Å²) in [6.07, 6.45) is 53.7. The van der Waals surface area contributed by atoms with Gasteiger partial charge in [0.15, 0.2) is 0 Å². The molecule has 0 heterocycles. The van der Waals surface area contributed by atoms with E-state index in [0.717, 1.165) is 77.5 Å². The predicted octanol–water partition coefficient (Wildman–Crippen LogP) is 17.7.